The number of amides is 1. The Labute approximate surface area is 129 Å². The Morgan fingerprint density at radius 3 is 2.50 bits per heavy atom. The number of carbonyl (C=O) groups is 1. The average molecular weight is 302 g/mol. The fraction of sp³-hybridized carbons (Fsp3) is 0.235. The summed E-state index contributed by atoms with van der Waals surface area (Å²) in [5.74, 6) is -0.300. The first-order chi connectivity index (χ1) is 10.5. The first-order valence-electron chi connectivity index (χ1n) is 6.96. The number of halogens is 1. The van der Waals surface area contributed by atoms with Gasteiger partial charge in [-0.15, -0.1) is 0 Å². The van der Waals surface area contributed by atoms with E-state index in [-0.39, 0.29) is 11.9 Å². The number of ether oxygens (including phenoxy) is 1. The van der Waals surface area contributed by atoms with Gasteiger partial charge in [0.15, 0.2) is 0 Å². The number of hydrogen-bond donors (Lipinski definition) is 2. The molecule has 0 aliphatic rings. The second-order valence-electron chi connectivity index (χ2n) is 5.02. The summed E-state index contributed by atoms with van der Waals surface area (Å²) >= 11 is 0. The molecule has 0 radical (unpaired) electrons. The van der Waals surface area contributed by atoms with Crippen LogP contribution >= 0.6 is 0 Å². The number of methoxy groups -OCH3 is 1. The molecule has 22 heavy (non-hydrogen) atoms. The highest BCUT2D eigenvalue weighted by Crippen LogP contribution is 2.28. The maximum atomic E-state index is 13.5. The Morgan fingerprint density at radius 2 is 1.91 bits per heavy atom. The van der Waals surface area contributed by atoms with Gasteiger partial charge < -0.3 is 10.5 Å². The molecule has 2 atom stereocenters. The van der Waals surface area contributed by atoms with Crippen molar-refractivity contribution in [1.82, 2.24) is 5.32 Å². The molecule has 0 fully saturated rings. The van der Waals surface area contributed by atoms with Crippen molar-refractivity contribution in [3.05, 3.63) is 65.5 Å². The first-order valence-corrected chi connectivity index (χ1v) is 6.96. The molecule has 0 saturated heterocycles. The number of nitrogens with two attached hydrogens (primary N) is 1. The number of primary amides is 1. The number of rotatable bonds is 6. The largest absolute Gasteiger partial charge is 0.496 e. The van der Waals surface area contributed by atoms with Gasteiger partial charge in [-0.3, -0.25) is 10.1 Å². The smallest absolute Gasteiger partial charge is 0.239 e. The predicted molar refractivity (Wildman–Crippen MR) is 82.9 cm³/mol. The van der Waals surface area contributed by atoms with Gasteiger partial charge in [-0.2, -0.15) is 0 Å². The van der Waals surface area contributed by atoms with Crippen molar-refractivity contribution in [3.8, 4) is 5.75 Å². The standard InChI is InChI=1S/C17H19FN2O2/c1-11(14-10-13(18)8-9-15(14)22-2)20-16(17(19)21)12-6-4-3-5-7-12/h3-11,16,20H,1-2H3,(H2,19,21)/t11-,16+/m0/s1. The van der Waals surface area contributed by atoms with Gasteiger partial charge in [0, 0.05) is 11.6 Å². The predicted octanol–water partition coefficient (Wildman–Crippen LogP) is 2.71. The Kier molecular flexibility index (Phi) is 5.12. The molecule has 0 heterocycles. The SMILES string of the molecule is COc1ccc(F)cc1[C@H](C)N[C@@H](C(N)=O)c1ccccc1. The molecule has 1 amide bonds. The number of carbonyl (C=O) groups excluding carboxylic acids is 1. The van der Waals surface area contributed by atoms with Gasteiger partial charge in [-0.05, 0) is 30.7 Å². The molecule has 5 heteroatoms. The van der Waals surface area contributed by atoms with Crippen LogP contribution in [0.2, 0.25) is 0 Å². The van der Waals surface area contributed by atoms with Gasteiger partial charge in [-0.25, -0.2) is 4.39 Å². The van der Waals surface area contributed by atoms with Gasteiger partial charge in [0.25, 0.3) is 0 Å². The lowest BCUT2D eigenvalue weighted by Gasteiger charge is -2.23. The Balaban J connectivity index is 2.27. The van der Waals surface area contributed by atoms with E-state index >= 15 is 0 Å². The number of benzene rings is 2. The van der Waals surface area contributed by atoms with Crippen molar-refractivity contribution >= 4 is 5.91 Å². The summed E-state index contributed by atoms with van der Waals surface area (Å²) in [6, 6.07) is 12.5. The maximum Gasteiger partial charge on any atom is 0.239 e. The molecular formula is C17H19FN2O2. The van der Waals surface area contributed by atoms with Crippen LogP contribution in [0.1, 0.15) is 30.1 Å². The molecule has 0 spiro atoms. The van der Waals surface area contributed by atoms with E-state index < -0.39 is 11.9 Å². The molecule has 2 aromatic rings. The second-order valence-corrected chi connectivity index (χ2v) is 5.02. The Hall–Kier alpha value is -2.40. The lowest BCUT2D eigenvalue weighted by Crippen LogP contribution is -2.35. The van der Waals surface area contributed by atoms with E-state index in [1.54, 1.807) is 6.07 Å². The molecule has 116 valence electrons. The van der Waals surface area contributed by atoms with Crippen LogP contribution in [-0.2, 0) is 4.79 Å². The summed E-state index contributed by atoms with van der Waals surface area (Å²) in [6.45, 7) is 1.83. The van der Waals surface area contributed by atoms with E-state index in [0.29, 0.717) is 11.3 Å². The quantitative estimate of drug-likeness (QED) is 0.862. The fourth-order valence-corrected chi connectivity index (χ4v) is 2.37. The molecule has 0 unspecified atom stereocenters. The minimum atomic E-state index is -0.663. The summed E-state index contributed by atoms with van der Waals surface area (Å²) < 4.78 is 18.7. The van der Waals surface area contributed by atoms with Crippen LogP contribution in [0.15, 0.2) is 48.5 Å². The van der Waals surface area contributed by atoms with E-state index in [9.17, 15) is 9.18 Å². The van der Waals surface area contributed by atoms with Crippen LogP contribution in [0, 0.1) is 5.82 Å². The van der Waals surface area contributed by atoms with Crippen LogP contribution in [-0.4, -0.2) is 13.0 Å². The maximum absolute atomic E-state index is 13.5. The fourth-order valence-electron chi connectivity index (χ4n) is 2.37. The summed E-state index contributed by atoms with van der Waals surface area (Å²) in [7, 11) is 1.52. The normalized spacial score (nSPS) is 13.4. The average Bonchev–Trinajstić information content (AvgIpc) is 2.52. The van der Waals surface area contributed by atoms with E-state index in [4.69, 9.17) is 10.5 Å². The molecule has 0 aliphatic heterocycles. The van der Waals surface area contributed by atoms with Crippen molar-refractivity contribution in [2.24, 2.45) is 5.73 Å². The third kappa shape index (κ3) is 3.62. The lowest BCUT2D eigenvalue weighted by molar-refractivity contribution is -0.120. The third-order valence-electron chi connectivity index (χ3n) is 3.49. The zero-order chi connectivity index (χ0) is 16.1. The van der Waals surface area contributed by atoms with Gasteiger partial charge in [0.1, 0.15) is 17.6 Å². The van der Waals surface area contributed by atoms with E-state index in [1.165, 1.54) is 19.2 Å². The molecule has 2 rings (SSSR count). The van der Waals surface area contributed by atoms with Crippen molar-refractivity contribution in [2.75, 3.05) is 7.11 Å². The molecule has 0 bridgehead atoms. The lowest BCUT2D eigenvalue weighted by atomic mass is 10.0. The summed E-state index contributed by atoms with van der Waals surface area (Å²) in [4.78, 5) is 11.7. The van der Waals surface area contributed by atoms with Crippen molar-refractivity contribution in [1.29, 1.82) is 0 Å². The van der Waals surface area contributed by atoms with E-state index in [1.807, 2.05) is 37.3 Å². The monoisotopic (exact) mass is 302 g/mol. The van der Waals surface area contributed by atoms with Crippen molar-refractivity contribution < 1.29 is 13.9 Å². The van der Waals surface area contributed by atoms with Gasteiger partial charge in [0.2, 0.25) is 5.91 Å². The zero-order valence-electron chi connectivity index (χ0n) is 12.5. The topological polar surface area (TPSA) is 64.3 Å². The van der Waals surface area contributed by atoms with Gasteiger partial charge in [-0.1, -0.05) is 30.3 Å². The summed E-state index contributed by atoms with van der Waals surface area (Å²) in [5, 5.41) is 3.13. The Morgan fingerprint density at radius 1 is 1.23 bits per heavy atom. The van der Waals surface area contributed by atoms with E-state index in [2.05, 4.69) is 5.32 Å². The van der Waals surface area contributed by atoms with Crippen molar-refractivity contribution in [3.63, 3.8) is 0 Å². The molecule has 4 nitrogen and oxygen atoms in total. The third-order valence-corrected chi connectivity index (χ3v) is 3.49. The minimum Gasteiger partial charge on any atom is -0.496 e. The molecule has 2 aromatic carbocycles. The van der Waals surface area contributed by atoms with Crippen LogP contribution < -0.4 is 15.8 Å². The summed E-state index contributed by atoms with van der Waals surface area (Å²) in [5.41, 5.74) is 6.88. The molecule has 3 N–H and O–H groups in total. The van der Waals surface area contributed by atoms with Crippen molar-refractivity contribution in [2.45, 2.75) is 19.0 Å². The molecule has 0 saturated carbocycles. The van der Waals surface area contributed by atoms with E-state index in [0.717, 1.165) is 5.56 Å². The van der Waals surface area contributed by atoms with Crippen LogP contribution in [0.3, 0.4) is 0 Å². The molecule has 0 aliphatic carbocycles. The number of hydrogen-bond acceptors (Lipinski definition) is 3. The van der Waals surface area contributed by atoms with Crippen LogP contribution in [0.25, 0.3) is 0 Å². The highest BCUT2D eigenvalue weighted by molar-refractivity contribution is 5.81. The summed E-state index contributed by atoms with van der Waals surface area (Å²) in [6.07, 6.45) is 0. The first kappa shape index (κ1) is 16.0. The molecular weight excluding hydrogens is 283 g/mol. The molecule has 0 aromatic heterocycles. The zero-order valence-corrected chi connectivity index (χ0v) is 12.5. The number of nitrogens with one attached hydrogen (secondary N) is 1. The van der Waals surface area contributed by atoms with Gasteiger partial charge >= 0.3 is 0 Å². The highest BCUT2D eigenvalue weighted by atomic mass is 19.1. The second kappa shape index (κ2) is 7.04. The minimum absolute atomic E-state index is 0.316. The van der Waals surface area contributed by atoms with Gasteiger partial charge in [0.05, 0.1) is 7.11 Å². The van der Waals surface area contributed by atoms with Crippen LogP contribution in [0.4, 0.5) is 4.39 Å². The van der Waals surface area contributed by atoms with Crippen LogP contribution in [0.5, 0.6) is 5.75 Å². The highest BCUT2D eigenvalue weighted by Gasteiger charge is 2.22. The Bertz CT molecular complexity index is 646.